The molecule has 4 nitrogen and oxygen atoms in total. The maximum Gasteiger partial charge on any atom is 0.258 e. The molecule has 0 unspecified atom stereocenters. The van der Waals surface area contributed by atoms with Gasteiger partial charge in [0.15, 0.2) is 6.61 Å². The molecule has 0 spiro atoms. The van der Waals surface area contributed by atoms with Crippen LogP contribution in [0.4, 0.5) is 0 Å². The highest BCUT2D eigenvalue weighted by molar-refractivity contribution is 6.32. The third-order valence-electron chi connectivity index (χ3n) is 2.28. The van der Waals surface area contributed by atoms with E-state index in [1.807, 2.05) is 40.0 Å². The minimum atomic E-state index is -0.269. The summed E-state index contributed by atoms with van der Waals surface area (Å²) in [5.74, 6) is 0.394. The first-order valence-electron chi connectivity index (χ1n) is 6.19. The second-order valence-electron chi connectivity index (χ2n) is 5.35. The Balaban J connectivity index is 2.69. The van der Waals surface area contributed by atoms with Crippen molar-refractivity contribution in [2.75, 3.05) is 13.7 Å². The maximum atomic E-state index is 11.7. The van der Waals surface area contributed by atoms with Crippen molar-refractivity contribution in [2.24, 2.45) is 0 Å². The Morgan fingerprint density at radius 2 is 2.05 bits per heavy atom. The molecular formula is C14H21ClN2O2. The van der Waals surface area contributed by atoms with Gasteiger partial charge in [0.1, 0.15) is 5.75 Å². The Labute approximate surface area is 119 Å². The zero-order valence-corrected chi connectivity index (χ0v) is 12.6. The molecule has 0 saturated heterocycles. The first kappa shape index (κ1) is 15.8. The van der Waals surface area contributed by atoms with E-state index < -0.39 is 0 Å². The number of ether oxygens (including phenoxy) is 1. The van der Waals surface area contributed by atoms with Gasteiger partial charge in [0.2, 0.25) is 0 Å². The van der Waals surface area contributed by atoms with Crippen LogP contribution < -0.4 is 15.4 Å². The van der Waals surface area contributed by atoms with Crippen LogP contribution in [-0.2, 0) is 11.3 Å². The Morgan fingerprint density at radius 1 is 1.37 bits per heavy atom. The quantitative estimate of drug-likeness (QED) is 0.873. The number of carbonyl (C=O) groups is 1. The molecule has 0 aliphatic rings. The van der Waals surface area contributed by atoms with E-state index in [9.17, 15) is 4.79 Å². The average Bonchev–Trinajstić information content (AvgIpc) is 2.26. The second-order valence-corrected chi connectivity index (χ2v) is 5.75. The summed E-state index contributed by atoms with van der Waals surface area (Å²) in [6.07, 6.45) is 0. The Bertz CT molecular complexity index is 442. The predicted octanol–water partition coefficient (Wildman–Crippen LogP) is 2.35. The van der Waals surface area contributed by atoms with E-state index >= 15 is 0 Å². The molecule has 0 fully saturated rings. The molecule has 1 rings (SSSR count). The standard InChI is InChI=1S/C14H21ClN2O2/c1-14(2,3)17-12(18)9-19-13-10(8-16-4)6-5-7-11(13)15/h5-7,16H,8-9H2,1-4H3,(H,17,18). The molecule has 1 amide bonds. The number of nitrogens with one attached hydrogen (secondary N) is 2. The highest BCUT2D eigenvalue weighted by Gasteiger charge is 2.15. The van der Waals surface area contributed by atoms with Crippen molar-refractivity contribution in [2.45, 2.75) is 32.9 Å². The highest BCUT2D eigenvalue weighted by atomic mass is 35.5. The molecule has 0 heterocycles. The van der Waals surface area contributed by atoms with E-state index in [0.29, 0.717) is 17.3 Å². The van der Waals surface area contributed by atoms with Crippen LogP contribution in [0, 0.1) is 0 Å². The Kier molecular flexibility index (Phi) is 5.63. The number of benzene rings is 1. The van der Waals surface area contributed by atoms with Gasteiger partial charge >= 0.3 is 0 Å². The van der Waals surface area contributed by atoms with Crippen LogP contribution in [-0.4, -0.2) is 25.1 Å². The molecule has 19 heavy (non-hydrogen) atoms. The predicted molar refractivity (Wildman–Crippen MR) is 77.6 cm³/mol. The van der Waals surface area contributed by atoms with Gasteiger partial charge in [-0.25, -0.2) is 0 Å². The highest BCUT2D eigenvalue weighted by Crippen LogP contribution is 2.28. The topological polar surface area (TPSA) is 50.4 Å². The number of hydrogen-bond donors (Lipinski definition) is 2. The van der Waals surface area contributed by atoms with Crippen molar-refractivity contribution in [3.63, 3.8) is 0 Å². The molecule has 0 aromatic heterocycles. The van der Waals surface area contributed by atoms with Gasteiger partial charge in [-0.2, -0.15) is 0 Å². The fourth-order valence-corrected chi connectivity index (χ4v) is 1.89. The fraction of sp³-hybridized carbons (Fsp3) is 0.500. The normalized spacial score (nSPS) is 11.2. The Hall–Kier alpha value is -1.26. The molecule has 2 N–H and O–H groups in total. The van der Waals surface area contributed by atoms with Crippen molar-refractivity contribution < 1.29 is 9.53 Å². The van der Waals surface area contributed by atoms with Gasteiger partial charge in [-0.05, 0) is 33.9 Å². The number of amides is 1. The lowest BCUT2D eigenvalue weighted by atomic mass is 10.1. The summed E-state index contributed by atoms with van der Waals surface area (Å²) in [6.45, 7) is 6.36. The molecule has 0 radical (unpaired) electrons. The number of carbonyl (C=O) groups excluding carboxylic acids is 1. The third-order valence-corrected chi connectivity index (χ3v) is 2.58. The number of rotatable bonds is 5. The largest absolute Gasteiger partial charge is 0.482 e. The summed E-state index contributed by atoms with van der Waals surface area (Å²) in [5, 5.41) is 6.39. The van der Waals surface area contributed by atoms with Crippen molar-refractivity contribution in [1.29, 1.82) is 0 Å². The van der Waals surface area contributed by atoms with Gasteiger partial charge in [-0.1, -0.05) is 23.7 Å². The molecule has 1 aromatic rings. The second kappa shape index (κ2) is 6.78. The average molecular weight is 285 g/mol. The number of halogens is 1. The lowest BCUT2D eigenvalue weighted by Crippen LogP contribution is -2.43. The van der Waals surface area contributed by atoms with Crippen LogP contribution in [0.25, 0.3) is 0 Å². The summed E-state index contributed by atoms with van der Waals surface area (Å²) >= 11 is 6.10. The maximum absolute atomic E-state index is 11.7. The van der Waals surface area contributed by atoms with Gasteiger partial charge in [-0.3, -0.25) is 4.79 Å². The van der Waals surface area contributed by atoms with E-state index in [1.165, 1.54) is 0 Å². The molecular weight excluding hydrogens is 264 g/mol. The van der Waals surface area contributed by atoms with Crippen molar-refractivity contribution in [3.05, 3.63) is 28.8 Å². The van der Waals surface area contributed by atoms with Crippen molar-refractivity contribution in [1.82, 2.24) is 10.6 Å². The molecule has 0 saturated carbocycles. The van der Waals surface area contributed by atoms with Crippen LogP contribution in [0.2, 0.25) is 5.02 Å². The van der Waals surface area contributed by atoms with E-state index in [-0.39, 0.29) is 18.1 Å². The van der Waals surface area contributed by atoms with Crippen molar-refractivity contribution >= 4 is 17.5 Å². The number of hydrogen-bond acceptors (Lipinski definition) is 3. The monoisotopic (exact) mass is 284 g/mol. The molecule has 0 aliphatic carbocycles. The summed E-state index contributed by atoms with van der Waals surface area (Å²) in [5.41, 5.74) is 0.660. The van der Waals surface area contributed by atoms with Crippen LogP contribution in [0.15, 0.2) is 18.2 Å². The van der Waals surface area contributed by atoms with Gasteiger partial charge in [-0.15, -0.1) is 0 Å². The SMILES string of the molecule is CNCc1cccc(Cl)c1OCC(=O)NC(C)(C)C. The van der Waals surface area contributed by atoms with Crippen molar-refractivity contribution in [3.8, 4) is 5.75 Å². The van der Waals surface area contributed by atoms with Gasteiger partial charge < -0.3 is 15.4 Å². The van der Waals surface area contributed by atoms with Crippen LogP contribution in [0.5, 0.6) is 5.75 Å². The van der Waals surface area contributed by atoms with Gasteiger partial charge in [0, 0.05) is 17.6 Å². The minimum Gasteiger partial charge on any atom is -0.482 e. The van der Waals surface area contributed by atoms with Crippen LogP contribution in [0.3, 0.4) is 0 Å². The van der Waals surface area contributed by atoms with Crippen LogP contribution in [0.1, 0.15) is 26.3 Å². The first-order chi connectivity index (χ1) is 8.83. The lowest BCUT2D eigenvalue weighted by Gasteiger charge is -2.21. The van der Waals surface area contributed by atoms with E-state index in [2.05, 4.69) is 10.6 Å². The zero-order chi connectivity index (χ0) is 14.5. The molecule has 1 aromatic carbocycles. The molecule has 5 heteroatoms. The van der Waals surface area contributed by atoms with E-state index in [4.69, 9.17) is 16.3 Å². The minimum absolute atomic E-state index is 0.0439. The zero-order valence-electron chi connectivity index (χ0n) is 11.8. The lowest BCUT2D eigenvalue weighted by molar-refractivity contribution is -0.124. The smallest absolute Gasteiger partial charge is 0.258 e. The molecule has 0 aliphatic heterocycles. The summed E-state index contributed by atoms with van der Waals surface area (Å²) in [6, 6.07) is 5.52. The number of para-hydroxylation sites is 1. The summed E-state index contributed by atoms with van der Waals surface area (Å²) in [7, 11) is 1.84. The van der Waals surface area contributed by atoms with Gasteiger partial charge in [0.25, 0.3) is 5.91 Å². The Morgan fingerprint density at radius 3 is 2.63 bits per heavy atom. The first-order valence-corrected chi connectivity index (χ1v) is 6.57. The van der Waals surface area contributed by atoms with E-state index in [0.717, 1.165) is 5.56 Å². The summed E-state index contributed by atoms with van der Waals surface area (Å²) < 4.78 is 5.54. The van der Waals surface area contributed by atoms with E-state index in [1.54, 1.807) is 6.07 Å². The molecule has 0 atom stereocenters. The molecule has 0 bridgehead atoms. The third kappa shape index (κ3) is 5.49. The van der Waals surface area contributed by atoms with Crippen LogP contribution >= 0.6 is 11.6 Å². The molecule has 106 valence electrons. The van der Waals surface area contributed by atoms with Gasteiger partial charge in [0.05, 0.1) is 5.02 Å². The summed E-state index contributed by atoms with van der Waals surface area (Å²) in [4.78, 5) is 11.7. The fourth-order valence-electron chi connectivity index (χ4n) is 1.64.